The molecule has 0 bridgehead atoms. The standard InChI is InChI=1S/C2H6N2OS/c1-3-2(6)4-5/h5H,1H3,(H2,3,4,6). The molecular weight excluding hydrogens is 100 g/mol. The molecule has 0 spiro atoms. The van der Waals surface area contributed by atoms with Crippen LogP contribution in [0, 0.1) is 0 Å². The lowest BCUT2D eigenvalue weighted by Gasteiger charge is -1.94. The zero-order valence-electron chi connectivity index (χ0n) is 3.36. The first-order valence-corrected chi connectivity index (χ1v) is 1.84. The summed E-state index contributed by atoms with van der Waals surface area (Å²) >= 11 is 4.38. The van der Waals surface area contributed by atoms with E-state index in [4.69, 9.17) is 5.21 Å². The minimum atomic E-state index is 0.231. The third-order valence-corrected chi connectivity index (χ3v) is 0.624. The Morgan fingerprint density at radius 3 is 2.33 bits per heavy atom. The van der Waals surface area contributed by atoms with E-state index in [9.17, 15) is 0 Å². The maximum absolute atomic E-state index is 7.88. The monoisotopic (exact) mass is 106 g/mol. The molecule has 0 aliphatic carbocycles. The highest BCUT2D eigenvalue weighted by atomic mass is 32.1. The fraction of sp³-hybridized carbons (Fsp3) is 0.500. The van der Waals surface area contributed by atoms with Gasteiger partial charge >= 0.3 is 0 Å². The molecule has 36 valence electrons. The highest BCUT2D eigenvalue weighted by Crippen LogP contribution is 1.51. The van der Waals surface area contributed by atoms with Gasteiger partial charge in [0.15, 0.2) is 5.11 Å². The minimum Gasteiger partial charge on any atom is -0.364 e. The topological polar surface area (TPSA) is 44.3 Å². The minimum absolute atomic E-state index is 0.231. The number of thiocarbonyl (C=S) groups is 1. The molecule has 3 nitrogen and oxygen atoms in total. The van der Waals surface area contributed by atoms with E-state index < -0.39 is 0 Å². The molecule has 0 radical (unpaired) electrons. The summed E-state index contributed by atoms with van der Waals surface area (Å²) in [6.45, 7) is 0. The molecule has 3 N–H and O–H groups in total. The first kappa shape index (κ1) is 5.65. The van der Waals surface area contributed by atoms with E-state index in [0.717, 1.165) is 0 Å². The van der Waals surface area contributed by atoms with E-state index in [-0.39, 0.29) is 5.11 Å². The van der Waals surface area contributed by atoms with Crippen molar-refractivity contribution in [3.05, 3.63) is 0 Å². The van der Waals surface area contributed by atoms with Crippen LogP contribution in [0.1, 0.15) is 0 Å². The van der Waals surface area contributed by atoms with E-state index >= 15 is 0 Å². The Morgan fingerprint density at radius 2 is 2.33 bits per heavy atom. The fourth-order valence-electron chi connectivity index (χ4n) is 0.0559. The largest absolute Gasteiger partial charge is 0.364 e. The van der Waals surface area contributed by atoms with Gasteiger partial charge in [0.1, 0.15) is 0 Å². The van der Waals surface area contributed by atoms with E-state index in [2.05, 4.69) is 17.5 Å². The molecule has 0 aliphatic heterocycles. The van der Waals surface area contributed by atoms with Crippen LogP contribution in [0.15, 0.2) is 0 Å². The molecule has 0 aromatic carbocycles. The molecule has 0 amide bonds. The Kier molecular flexibility index (Phi) is 2.70. The molecule has 0 aromatic heterocycles. The van der Waals surface area contributed by atoms with E-state index in [1.54, 1.807) is 12.5 Å². The summed E-state index contributed by atoms with van der Waals surface area (Å²) in [4.78, 5) is 0. The van der Waals surface area contributed by atoms with Gasteiger partial charge in [0, 0.05) is 7.05 Å². The van der Waals surface area contributed by atoms with Gasteiger partial charge in [-0.3, -0.25) is 5.21 Å². The summed E-state index contributed by atoms with van der Waals surface area (Å²) in [5.41, 5.74) is 1.73. The van der Waals surface area contributed by atoms with Crippen LogP contribution in [-0.4, -0.2) is 17.4 Å². The van der Waals surface area contributed by atoms with Crippen LogP contribution in [0.2, 0.25) is 0 Å². The Bertz CT molecular complexity index is 49.5. The summed E-state index contributed by atoms with van der Waals surface area (Å²) in [7, 11) is 1.62. The lowest BCUT2D eigenvalue weighted by Crippen LogP contribution is -2.29. The third kappa shape index (κ3) is 1.92. The van der Waals surface area contributed by atoms with E-state index in [1.807, 2.05) is 0 Å². The summed E-state index contributed by atoms with van der Waals surface area (Å²) in [6.07, 6.45) is 0. The molecule has 0 atom stereocenters. The SMILES string of the molecule is CNC(=S)NO. The number of hydrogen-bond donors (Lipinski definition) is 3. The predicted octanol–water partition coefficient (Wildman–Crippen LogP) is -0.531. The highest BCUT2D eigenvalue weighted by molar-refractivity contribution is 7.80. The van der Waals surface area contributed by atoms with Crippen LogP contribution in [0.3, 0.4) is 0 Å². The number of nitrogens with one attached hydrogen (secondary N) is 2. The lowest BCUT2D eigenvalue weighted by atomic mass is 11.1. The molecule has 6 heavy (non-hydrogen) atoms. The van der Waals surface area contributed by atoms with E-state index in [0.29, 0.717) is 0 Å². The van der Waals surface area contributed by atoms with Gasteiger partial charge in [0.05, 0.1) is 0 Å². The van der Waals surface area contributed by atoms with Crippen molar-refractivity contribution in [3.63, 3.8) is 0 Å². The lowest BCUT2D eigenvalue weighted by molar-refractivity contribution is 0.233. The molecular formula is C2H6N2OS. The Labute approximate surface area is 41.3 Å². The highest BCUT2D eigenvalue weighted by Gasteiger charge is 1.77. The van der Waals surface area contributed by atoms with Gasteiger partial charge in [-0.05, 0) is 12.2 Å². The predicted molar refractivity (Wildman–Crippen MR) is 26.6 cm³/mol. The maximum Gasteiger partial charge on any atom is 0.190 e. The van der Waals surface area contributed by atoms with E-state index in [1.165, 1.54) is 0 Å². The van der Waals surface area contributed by atoms with Crippen LogP contribution in [-0.2, 0) is 0 Å². The molecule has 0 fully saturated rings. The second kappa shape index (κ2) is 2.87. The van der Waals surface area contributed by atoms with Gasteiger partial charge in [-0.15, -0.1) is 0 Å². The van der Waals surface area contributed by atoms with Crippen LogP contribution in [0.5, 0.6) is 0 Å². The third-order valence-electron chi connectivity index (χ3n) is 0.329. The van der Waals surface area contributed by atoms with Crippen molar-refractivity contribution < 1.29 is 5.21 Å². The summed E-state index contributed by atoms with van der Waals surface area (Å²) < 4.78 is 0. The quantitative estimate of drug-likeness (QED) is 0.287. The molecule has 0 saturated heterocycles. The Balaban J connectivity index is 2.99. The maximum atomic E-state index is 7.88. The molecule has 0 heterocycles. The molecule has 4 heteroatoms. The zero-order chi connectivity index (χ0) is 4.99. The summed E-state index contributed by atoms with van der Waals surface area (Å²) in [5.74, 6) is 0. The molecule has 0 saturated carbocycles. The molecule has 0 unspecified atom stereocenters. The summed E-state index contributed by atoms with van der Waals surface area (Å²) in [5, 5.41) is 10.6. The van der Waals surface area contributed by atoms with Crippen LogP contribution < -0.4 is 10.8 Å². The van der Waals surface area contributed by atoms with Gasteiger partial charge in [-0.1, -0.05) is 0 Å². The fourth-order valence-corrected chi connectivity index (χ4v) is 0.0559. The number of hydrogen-bond acceptors (Lipinski definition) is 2. The first-order chi connectivity index (χ1) is 2.81. The zero-order valence-corrected chi connectivity index (χ0v) is 4.17. The van der Waals surface area contributed by atoms with Crippen molar-refractivity contribution in [2.24, 2.45) is 0 Å². The van der Waals surface area contributed by atoms with Crippen LogP contribution >= 0.6 is 12.2 Å². The van der Waals surface area contributed by atoms with Crippen molar-refractivity contribution in [2.75, 3.05) is 7.05 Å². The molecule has 0 rings (SSSR count). The van der Waals surface area contributed by atoms with Crippen LogP contribution in [0.4, 0.5) is 0 Å². The van der Waals surface area contributed by atoms with Crippen molar-refractivity contribution >= 4 is 17.3 Å². The Hall–Kier alpha value is -0.350. The van der Waals surface area contributed by atoms with Gasteiger partial charge in [0.25, 0.3) is 0 Å². The first-order valence-electron chi connectivity index (χ1n) is 1.43. The van der Waals surface area contributed by atoms with Gasteiger partial charge < -0.3 is 5.32 Å². The van der Waals surface area contributed by atoms with Crippen molar-refractivity contribution in [2.45, 2.75) is 0 Å². The molecule has 0 aromatic rings. The normalized spacial score (nSPS) is 7.00. The van der Waals surface area contributed by atoms with Gasteiger partial charge in [-0.25, -0.2) is 5.48 Å². The van der Waals surface area contributed by atoms with Gasteiger partial charge in [-0.2, -0.15) is 0 Å². The van der Waals surface area contributed by atoms with Crippen molar-refractivity contribution in [3.8, 4) is 0 Å². The smallest absolute Gasteiger partial charge is 0.190 e. The number of rotatable bonds is 0. The molecule has 0 aliphatic rings. The van der Waals surface area contributed by atoms with Crippen molar-refractivity contribution in [1.29, 1.82) is 0 Å². The summed E-state index contributed by atoms with van der Waals surface area (Å²) in [6, 6.07) is 0. The van der Waals surface area contributed by atoms with Crippen molar-refractivity contribution in [1.82, 2.24) is 10.8 Å². The Morgan fingerprint density at radius 1 is 1.83 bits per heavy atom. The average Bonchev–Trinajstić information content (AvgIpc) is 1.65. The van der Waals surface area contributed by atoms with Crippen LogP contribution in [0.25, 0.3) is 0 Å². The van der Waals surface area contributed by atoms with Gasteiger partial charge in [0.2, 0.25) is 0 Å². The second-order valence-electron chi connectivity index (χ2n) is 0.691. The number of hydroxylamine groups is 1. The second-order valence-corrected chi connectivity index (χ2v) is 1.10. The average molecular weight is 106 g/mol.